The molecule has 10 N–H and O–H groups in total. The molecular formula is C80H120N10O16S. The number of rotatable bonds is 43. The first-order chi connectivity index (χ1) is 50.5. The van der Waals surface area contributed by atoms with Crippen molar-refractivity contribution >= 4 is 82.2 Å². The lowest BCUT2D eigenvalue weighted by molar-refractivity contribution is -0.149. The van der Waals surface area contributed by atoms with E-state index in [-0.39, 0.29) is 105 Å². The van der Waals surface area contributed by atoms with Crippen LogP contribution in [-0.4, -0.2) is 173 Å². The average molecular weight is 1510 g/mol. The number of likely N-dealkylation sites (N-methyl/N-ethyl adjacent to an activating group) is 1. The molecule has 3 aromatic carbocycles. The van der Waals surface area contributed by atoms with Gasteiger partial charge in [0, 0.05) is 101 Å². The Morgan fingerprint density at radius 1 is 0.729 bits per heavy atom. The average Bonchev–Trinajstić information content (AvgIpc) is 1.80. The Morgan fingerprint density at radius 2 is 1.36 bits per heavy atom. The van der Waals surface area contributed by atoms with E-state index in [9.17, 15) is 52.7 Å². The molecule has 0 radical (unpaired) electrons. The van der Waals surface area contributed by atoms with E-state index in [1.807, 2.05) is 81.3 Å². The number of ether oxygens (including phenoxy) is 4. The molecule has 0 bridgehead atoms. The minimum absolute atomic E-state index is 0.0338. The zero-order valence-electron chi connectivity index (χ0n) is 65.4. The van der Waals surface area contributed by atoms with E-state index in [0.717, 1.165) is 22.6 Å². The Bertz CT molecular complexity index is 3460. The third kappa shape index (κ3) is 31.2. The van der Waals surface area contributed by atoms with Gasteiger partial charge in [0.25, 0.3) is 0 Å². The highest BCUT2D eigenvalue weighted by Crippen LogP contribution is 2.34. The Hall–Kier alpha value is -8.66. The number of unbranched alkanes of at least 4 members (excludes halogenated alkanes) is 1. The van der Waals surface area contributed by atoms with Crippen molar-refractivity contribution in [1.29, 1.82) is 0 Å². The molecule has 1 aromatic heterocycles. The lowest BCUT2D eigenvalue weighted by Crippen LogP contribution is -2.55. The number of carboxylic acid groups (broad SMARTS) is 1. The normalized spacial score (nSPS) is 15.8. The molecule has 0 saturated carbocycles. The van der Waals surface area contributed by atoms with Crippen molar-refractivity contribution in [2.24, 2.45) is 47.0 Å². The fraction of sp³-hybridized carbons (Fsp3) is 0.600. The van der Waals surface area contributed by atoms with Gasteiger partial charge in [0.05, 0.1) is 59.8 Å². The second-order valence-electron chi connectivity index (χ2n) is 30.1. The summed E-state index contributed by atoms with van der Waals surface area (Å²) in [7, 11) is 4.80. The van der Waals surface area contributed by atoms with Crippen LogP contribution in [0.15, 0.2) is 96.5 Å². The number of benzene rings is 3. The third-order valence-electron chi connectivity index (χ3n) is 19.5. The summed E-state index contributed by atoms with van der Waals surface area (Å²) < 4.78 is 23.1. The van der Waals surface area contributed by atoms with Gasteiger partial charge in [-0.15, -0.1) is 11.3 Å². The fourth-order valence-corrected chi connectivity index (χ4v) is 13.9. The number of urea groups is 1. The number of anilines is 1. The summed E-state index contributed by atoms with van der Waals surface area (Å²) in [5.74, 6) is -6.16. The first kappa shape index (κ1) is 90.7. The number of carboxylic acids is 1. The zero-order chi connectivity index (χ0) is 79.7. The SMILES string of the molecule is CC[C@H](C)[C@@H]([C@@H](CC(=O)N1CCC[C@H]1[C@H](OC)[C@@H](C)C(=O)C[C@@H](Cc1ccccc1)c1nccs1)OC)N(C)C(=O)[C@@H](CC(=O)C(C)(C)NC(=O)OCc1ccc(NC(=O)[C@H](CCCNC(N)=O)CC(=O)[C@@H](NC(=O)[C@@H](N)CCCCNC(=O)OC(C)(C)C)C(C)C)cc1)C(C)C.O=C(O)Cc1ccccc1. The van der Waals surface area contributed by atoms with Crippen molar-refractivity contribution in [3.05, 3.63) is 118 Å². The molecule has 26 nitrogen and oxygen atoms in total. The van der Waals surface area contributed by atoms with Gasteiger partial charge >= 0.3 is 24.2 Å². The molecule has 8 amide bonds. The van der Waals surface area contributed by atoms with Crippen molar-refractivity contribution < 1.29 is 76.8 Å². The van der Waals surface area contributed by atoms with Gasteiger partial charge in [-0.3, -0.25) is 38.4 Å². The van der Waals surface area contributed by atoms with E-state index in [1.54, 1.807) is 110 Å². The number of likely N-dealkylation sites (tertiary alicyclic amines) is 1. The highest BCUT2D eigenvalue weighted by atomic mass is 32.1. The van der Waals surface area contributed by atoms with Gasteiger partial charge in [0.15, 0.2) is 11.6 Å². The monoisotopic (exact) mass is 1510 g/mol. The van der Waals surface area contributed by atoms with Gasteiger partial charge in [-0.05, 0) is 133 Å². The number of thiazole rings is 1. The zero-order valence-corrected chi connectivity index (χ0v) is 66.3. The molecule has 0 spiro atoms. The largest absolute Gasteiger partial charge is 0.481 e. The van der Waals surface area contributed by atoms with Gasteiger partial charge in [-0.2, -0.15) is 0 Å². The number of hydrogen-bond donors (Lipinski definition) is 8. The summed E-state index contributed by atoms with van der Waals surface area (Å²) in [5, 5.41) is 24.6. The topological polar surface area (TPSA) is 376 Å². The van der Waals surface area contributed by atoms with Crippen LogP contribution in [0.4, 0.5) is 20.1 Å². The van der Waals surface area contributed by atoms with Gasteiger partial charge < -0.3 is 71.9 Å². The van der Waals surface area contributed by atoms with Gasteiger partial charge in [0.1, 0.15) is 18.0 Å². The molecular weight excluding hydrogens is 1390 g/mol. The molecule has 1 saturated heterocycles. The number of aromatic nitrogens is 1. The van der Waals surface area contributed by atoms with Crippen LogP contribution in [0, 0.1) is 35.5 Å². The predicted molar refractivity (Wildman–Crippen MR) is 412 cm³/mol. The Balaban J connectivity index is 0.00000222. The lowest BCUT2D eigenvalue weighted by atomic mass is 9.83. The number of nitrogens with two attached hydrogens (primary N) is 2. The Labute approximate surface area is 636 Å². The number of Topliss-reactive ketones (excluding diaryl/α,β-unsaturated/α-hetero) is 3. The molecule has 2 heterocycles. The van der Waals surface area contributed by atoms with Crippen LogP contribution in [0.1, 0.15) is 188 Å². The molecule has 4 aromatic rings. The minimum atomic E-state index is -1.47. The van der Waals surface area contributed by atoms with Gasteiger partial charge in [-0.25, -0.2) is 19.4 Å². The first-order valence-electron chi connectivity index (χ1n) is 37.3. The number of ketones is 3. The van der Waals surface area contributed by atoms with Crippen molar-refractivity contribution in [2.45, 2.75) is 233 Å². The van der Waals surface area contributed by atoms with Gasteiger partial charge in [0.2, 0.25) is 23.6 Å². The van der Waals surface area contributed by atoms with Crippen molar-refractivity contribution in [3.63, 3.8) is 0 Å². The van der Waals surface area contributed by atoms with Crippen LogP contribution in [-0.2, 0) is 76.8 Å². The Morgan fingerprint density at radius 3 is 1.93 bits per heavy atom. The standard InChI is InChI=1S/C72H112N10O14S.C8H8O2/c1-16-46(6)62(58(93-14)42-60(86)82-36-23-28-55(82)63(94-15)47(7)56(83)40-51(66-75-35-37-97-66)38-48-24-18-17-19-25-48)81(13)67(89)53(44(2)3)41-59(85)72(11,12)80-70(92)95-43-49-29-31-52(32-30-49)78-64(87)50(26-22-34-76-68(74)90)39-57(84)61(45(4)5)79-65(88)54(73)27-20-21-33-77-69(91)96-71(8,9)10;9-8(10)6-7-4-2-1-3-5-7/h17-19,24-25,29-32,35,37,44-47,50-51,53-55,58,61-63H,16,20-23,26-28,33-34,36,38-43,73H2,1-15H3,(H,77,91)(H,78,87)(H,79,88)(H,80,92)(H3,74,76,90);1-5H,6H2,(H,9,10)/t46-,47-,50+,51+,53-,54-,55-,58+,61-,62-,63+;/m0./s1. The van der Waals surface area contributed by atoms with Crippen molar-refractivity contribution in [1.82, 2.24) is 36.1 Å². The summed E-state index contributed by atoms with van der Waals surface area (Å²) in [6.07, 6.45) is 3.48. The number of primary amides is 1. The van der Waals surface area contributed by atoms with Crippen LogP contribution in [0.3, 0.4) is 0 Å². The number of methoxy groups -OCH3 is 2. The minimum Gasteiger partial charge on any atom is -0.481 e. The number of amides is 8. The second-order valence-corrected chi connectivity index (χ2v) is 31.1. The van der Waals surface area contributed by atoms with E-state index in [0.29, 0.717) is 69.3 Å². The van der Waals surface area contributed by atoms with Crippen LogP contribution in [0.5, 0.6) is 0 Å². The van der Waals surface area contributed by atoms with Crippen LogP contribution in [0.25, 0.3) is 0 Å². The van der Waals surface area contributed by atoms with E-state index in [2.05, 4.69) is 43.7 Å². The van der Waals surface area contributed by atoms with E-state index in [4.69, 9.17) is 35.5 Å². The van der Waals surface area contributed by atoms with Gasteiger partial charge in [-0.1, -0.05) is 128 Å². The van der Waals surface area contributed by atoms with Crippen LogP contribution >= 0.6 is 11.3 Å². The highest BCUT2D eigenvalue weighted by Gasteiger charge is 2.44. The molecule has 5 rings (SSSR count). The number of aliphatic carboxylic acids is 1. The molecule has 107 heavy (non-hydrogen) atoms. The van der Waals surface area contributed by atoms with Crippen molar-refractivity contribution in [3.8, 4) is 0 Å². The lowest BCUT2D eigenvalue weighted by Gasteiger charge is -2.41. The molecule has 11 atom stereocenters. The Kier molecular flexibility index (Phi) is 38.3. The second kappa shape index (κ2) is 45.2. The molecule has 0 aliphatic carbocycles. The molecule has 27 heteroatoms. The van der Waals surface area contributed by atoms with Crippen LogP contribution < -0.4 is 38.1 Å². The van der Waals surface area contributed by atoms with E-state index < -0.39 is 101 Å². The molecule has 1 aliphatic heterocycles. The molecule has 1 aliphatic rings. The maximum Gasteiger partial charge on any atom is 0.408 e. The van der Waals surface area contributed by atoms with E-state index in [1.165, 1.54) is 18.4 Å². The summed E-state index contributed by atoms with van der Waals surface area (Å²) in [5.41, 5.74) is 12.3. The van der Waals surface area contributed by atoms with Crippen LogP contribution in [0.2, 0.25) is 0 Å². The summed E-state index contributed by atoms with van der Waals surface area (Å²) in [4.78, 5) is 154. The maximum absolute atomic E-state index is 14.8. The number of nitrogens with one attached hydrogen (secondary N) is 5. The first-order valence-corrected chi connectivity index (χ1v) is 38.2. The summed E-state index contributed by atoms with van der Waals surface area (Å²) in [6, 6.07) is 22.1. The molecule has 0 unspecified atom stereocenters. The highest BCUT2D eigenvalue weighted by molar-refractivity contribution is 7.09. The number of alkyl carbamates (subject to hydrolysis) is 2. The summed E-state index contributed by atoms with van der Waals surface area (Å²) in [6.45, 7) is 22.3. The third-order valence-corrected chi connectivity index (χ3v) is 20.4. The fourth-order valence-electron chi connectivity index (χ4n) is 13.1. The number of carbonyl (C=O) groups is 11. The van der Waals surface area contributed by atoms with Crippen molar-refractivity contribution in [2.75, 3.05) is 46.2 Å². The smallest absolute Gasteiger partial charge is 0.408 e. The quantitative estimate of drug-likeness (QED) is 0.0191. The molecule has 592 valence electrons. The number of carbonyl (C=O) groups excluding carboxylic acids is 10. The maximum atomic E-state index is 14.8. The summed E-state index contributed by atoms with van der Waals surface area (Å²) >= 11 is 1.53. The number of hydrogen-bond acceptors (Lipinski definition) is 18. The van der Waals surface area contributed by atoms with E-state index >= 15 is 0 Å². The molecule has 1 fully saturated rings. The predicted octanol–water partition coefficient (Wildman–Crippen LogP) is 10.7. The number of nitrogens with zero attached hydrogens (tertiary/aromatic N) is 3.